The minimum absolute atomic E-state index is 0.331. The summed E-state index contributed by atoms with van der Waals surface area (Å²) in [7, 11) is 0. The Labute approximate surface area is 92.8 Å². The van der Waals surface area contributed by atoms with Gasteiger partial charge in [-0.15, -0.1) is 11.8 Å². The van der Waals surface area contributed by atoms with E-state index in [0.717, 1.165) is 4.90 Å². The molecule has 0 unspecified atom stereocenters. The van der Waals surface area contributed by atoms with Crippen LogP contribution in [0, 0.1) is 0 Å². The summed E-state index contributed by atoms with van der Waals surface area (Å²) >= 11 is 7.23. The zero-order chi connectivity index (χ0) is 10.8. The van der Waals surface area contributed by atoms with E-state index in [4.69, 9.17) is 17.3 Å². The van der Waals surface area contributed by atoms with Crippen LogP contribution >= 0.6 is 23.4 Å². The zero-order valence-corrected chi connectivity index (χ0v) is 9.65. The Balaban J connectivity index is 2.83. The average molecular weight is 230 g/mol. The monoisotopic (exact) mass is 229 g/mol. The molecule has 0 aliphatic carbocycles. The van der Waals surface area contributed by atoms with Crippen molar-refractivity contribution in [1.29, 1.82) is 0 Å². The summed E-state index contributed by atoms with van der Waals surface area (Å²) < 4.78 is -0.606. The summed E-state index contributed by atoms with van der Waals surface area (Å²) in [6, 6.07) is 7.36. The number of carbonyl (C=O) groups is 1. The van der Waals surface area contributed by atoms with E-state index in [2.05, 4.69) is 0 Å². The van der Waals surface area contributed by atoms with Crippen molar-refractivity contribution in [3.8, 4) is 0 Å². The molecule has 0 fully saturated rings. The molecule has 0 bridgehead atoms. The molecule has 1 amide bonds. The molecular formula is C10H12ClNOS. The van der Waals surface area contributed by atoms with Crippen molar-refractivity contribution in [2.45, 2.75) is 23.5 Å². The lowest BCUT2D eigenvalue weighted by Gasteiger charge is -2.19. The number of primary amides is 1. The van der Waals surface area contributed by atoms with E-state index in [0.29, 0.717) is 5.02 Å². The van der Waals surface area contributed by atoms with Crippen molar-refractivity contribution in [3.05, 3.63) is 29.3 Å². The highest BCUT2D eigenvalue weighted by molar-refractivity contribution is 8.01. The maximum Gasteiger partial charge on any atom is 0.233 e. The van der Waals surface area contributed by atoms with E-state index in [1.165, 1.54) is 11.8 Å². The number of benzene rings is 1. The fraction of sp³-hybridized carbons (Fsp3) is 0.300. The Morgan fingerprint density at radius 3 is 2.64 bits per heavy atom. The van der Waals surface area contributed by atoms with Gasteiger partial charge in [-0.25, -0.2) is 0 Å². The molecule has 76 valence electrons. The molecule has 4 heteroatoms. The van der Waals surface area contributed by atoms with Gasteiger partial charge in [0.25, 0.3) is 0 Å². The summed E-state index contributed by atoms with van der Waals surface area (Å²) in [5, 5.41) is 0.662. The summed E-state index contributed by atoms with van der Waals surface area (Å²) in [6.45, 7) is 3.59. The molecule has 0 spiro atoms. The van der Waals surface area contributed by atoms with Gasteiger partial charge in [-0.05, 0) is 32.0 Å². The number of rotatable bonds is 3. The Morgan fingerprint density at radius 2 is 2.14 bits per heavy atom. The van der Waals surface area contributed by atoms with E-state index < -0.39 is 4.75 Å². The first-order chi connectivity index (χ1) is 6.42. The summed E-state index contributed by atoms with van der Waals surface area (Å²) in [5.41, 5.74) is 5.26. The van der Waals surface area contributed by atoms with E-state index in [9.17, 15) is 4.79 Å². The van der Waals surface area contributed by atoms with Crippen molar-refractivity contribution in [2.24, 2.45) is 5.73 Å². The second kappa shape index (κ2) is 4.24. The average Bonchev–Trinajstić information content (AvgIpc) is 2.02. The van der Waals surface area contributed by atoms with Gasteiger partial charge >= 0.3 is 0 Å². The fourth-order valence-corrected chi connectivity index (χ4v) is 2.15. The minimum Gasteiger partial charge on any atom is -0.368 e. The fourth-order valence-electron chi connectivity index (χ4n) is 0.875. The van der Waals surface area contributed by atoms with Gasteiger partial charge in [0.1, 0.15) is 0 Å². The summed E-state index contributed by atoms with van der Waals surface area (Å²) in [5.74, 6) is -0.331. The molecule has 0 radical (unpaired) electrons. The Morgan fingerprint density at radius 1 is 1.50 bits per heavy atom. The highest BCUT2D eigenvalue weighted by Crippen LogP contribution is 2.33. The van der Waals surface area contributed by atoms with Crippen LogP contribution in [0.15, 0.2) is 29.2 Å². The third-order valence-electron chi connectivity index (χ3n) is 1.76. The van der Waals surface area contributed by atoms with E-state index in [1.54, 1.807) is 19.9 Å². The Hall–Kier alpha value is -0.670. The topological polar surface area (TPSA) is 43.1 Å². The quantitative estimate of drug-likeness (QED) is 0.810. The molecule has 1 aromatic carbocycles. The number of amides is 1. The largest absolute Gasteiger partial charge is 0.368 e. The van der Waals surface area contributed by atoms with Crippen LogP contribution in [0.2, 0.25) is 5.02 Å². The van der Waals surface area contributed by atoms with Gasteiger partial charge in [-0.3, -0.25) is 4.79 Å². The number of hydrogen-bond acceptors (Lipinski definition) is 2. The normalized spacial score (nSPS) is 11.4. The molecule has 0 atom stereocenters. The predicted octanol–water partition coefficient (Wildman–Crippen LogP) is 2.70. The molecule has 2 nitrogen and oxygen atoms in total. The van der Waals surface area contributed by atoms with Crippen LogP contribution in [-0.2, 0) is 4.79 Å². The lowest BCUT2D eigenvalue weighted by atomic mass is 10.2. The smallest absolute Gasteiger partial charge is 0.233 e. The first-order valence-corrected chi connectivity index (χ1v) is 5.36. The molecule has 2 N–H and O–H groups in total. The second-order valence-electron chi connectivity index (χ2n) is 3.43. The lowest BCUT2D eigenvalue weighted by Crippen LogP contribution is -2.34. The molecule has 0 aliphatic heterocycles. The number of hydrogen-bond donors (Lipinski definition) is 1. The minimum atomic E-state index is -0.606. The molecule has 0 heterocycles. The van der Waals surface area contributed by atoms with Gasteiger partial charge in [0, 0.05) is 9.92 Å². The predicted molar refractivity (Wildman–Crippen MR) is 60.6 cm³/mol. The SMILES string of the molecule is CC(C)(Sc1cccc(Cl)c1)C(N)=O. The summed E-state index contributed by atoms with van der Waals surface area (Å²) in [6.07, 6.45) is 0. The molecule has 0 aliphatic rings. The zero-order valence-electron chi connectivity index (χ0n) is 8.08. The molecule has 0 saturated heterocycles. The van der Waals surface area contributed by atoms with Crippen LogP contribution in [-0.4, -0.2) is 10.7 Å². The molecule has 0 aromatic heterocycles. The molecule has 1 rings (SSSR count). The van der Waals surface area contributed by atoms with Crippen molar-refractivity contribution in [1.82, 2.24) is 0 Å². The first kappa shape index (κ1) is 11.4. The summed E-state index contributed by atoms with van der Waals surface area (Å²) in [4.78, 5) is 12.0. The second-order valence-corrected chi connectivity index (χ2v) is 5.57. The van der Waals surface area contributed by atoms with E-state index >= 15 is 0 Å². The molecular weight excluding hydrogens is 218 g/mol. The third kappa shape index (κ3) is 2.93. The molecule has 0 saturated carbocycles. The van der Waals surface area contributed by atoms with E-state index in [1.807, 2.05) is 18.2 Å². The highest BCUT2D eigenvalue weighted by Gasteiger charge is 2.26. The van der Waals surface area contributed by atoms with Crippen molar-refractivity contribution < 1.29 is 4.79 Å². The number of nitrogens with two attached hydrogens (primary N) is 1. The van der Waals surface area contributed by atoms with Gasteiger partial charge in [0.05, 0.1) is 4.75 Å². The van der Waals surface area contributed by atoms with Crippen LogP contribution in [0.5, 0.6) is 0 Å². The Bertz CT molecular complexity index is 352. The van der Waals surface area contributed by atoms with Crippen LogP contribution in [0.25, 0.3) is 0 Å². The van der Waals surface area contributed by atoms with Crippen LogP contribution in [0.4, 0.5) is 0 Å². The number of thioether (sulfide) groups is 1. The van der Waals surface area contributed by atoms with Gasteiger partial charge in [0.2, 0.25) is 5.91 Å². The number of halogens is 1. The standard InChI is InChI=1S/C10H12ClNOS/c1-10(2,9(12)13)14-8-5-3-4-7(11)6-8/h3-6H,1-2H3,(H2,12,13). The van der Waals surface area contributed by atoms with Crippen LogP contribution < -0.4 is 5.73 Å². The number of carbonyl (C=O) groups excluding carboxylic acids is 1. The van der Waals surface area contributed by atoms with Gasteiger partial charge in [0.15, 0.2) is 0 Å². The Kier molecular flexibility index (Phi) is 3.45. The van der Waals surface area contributed by atoms with Crippen LogP contribution in [0.3, 0.4) is 0 Å². The highest BCUT2D eigenvalue weighted by atomic mass is 35.5. The lowest BCUT2D eigenvalue weighted by molar-refractivity contribution is -0.119. The maximum absolute atomic E-state index is 11.1. The van der Waals surface area contributed by atoms with Gasteiger partial charge in [-0.2, -0.15) is 0 Å². The molecule has 14 heavy (non-hydrogen) atoms. The first-order valence-electron chi connectivity index (χ1n) is 4.16. The van der Waals surface area contributed by atoms with Crippen molar-refractivity contribution in [3.63, 3.8) is 0 Å². The van der Waals surface area contributed by atoms with Crippen LogP contribution in [0.1, 0.15) is 13.8 Å². The third-order valence-corrected chi connectivity index (χ3v) is 3.20. The van der Waals surface area contributed by atoms with Gasteiger partial charge < -0.3 is 5.73 Å². The van der Waals surface area contributed by atoms with E-state index in [-0.39, 0.29) is 5.91 Å². The van der Waals surface area contributed by atoms with Crippen molar-refractivity contribution in [2.75, 3.05) is 0 Å². The maximum atomic E-state index is 11.1. The van der Waals surface area contributed by atoms with Crippen molar-refractivity contribution >= 4 is 29.3 Å². The van der Waals surface area contributed by atoms with Gasteiger partial charge in [-0.1, -0.05) is 17.7 Å². The molecule has 1 aromatic rings.